The van der Waals surface area contributed by atoms with Crippen LogP contribution >= 0.6 is 0 Å². The third-order valence-electron chi connectivity index (χ3n) is 6.52. The quantitative estimate of drug-likeness (QED) is 0.370. The Labute approximate surface area is 203 Å². The van der Waals surface area contributed by atoms with Gasteiger partial charge in [0.25, 0.3) is 5.72 Å². The summed E-state index contributed by atoms with van der Waals surface area (Å²) in [6.45, 7) is 0.730. The molecule has 5 rings (SSSR count). The lowest BCUT2D eigenvalue weighted by Gasteiger charge is -2.33. The van der Waals surface area contributed by atoms with Crippen LogP contribution in [0, 0.1) is 5.92 Å². The number of H-pyrrole nitrogens is 1. The van der Waals surface area contributed by atoms with Gasteiger partial charge in [0.2, 0.25) is 5.82 Å². The van der Waals surface area contributed by atoms with E-state index >= 15 is 0 Å². The smallest absolute Gasteiger partial charge is 0.257 e. The Kier molecular flexibility index (Phi) is 6.76. The van der Waals surface area contributed by atoms with Gasteiger partial charge in [0.15, 0.2) is 17.3 Å². The van der Waals surface area contributed by atoms with E-state index in [2.05, 4.69) is 20.6 Å². The second-order valence-electron chi connectivity index (χ2n) is 9.06. The first-order valence-corrected chi connectivity index (χ1v) is 12.0. The number of nitrogens with one attached hydrogen (secondary N) is 1. The highest BCUT2D eigenvalue weighted by Crippen LogP contribution is 2.39. The van der Waals surface area contributed by atoms with E-state index < -0.39 is 5.72 Å². The third kappa shape index (κ3) is 5.35. The highest BCUT2D eigenvalue weighted by Gasteiger charge is 2.41. The molecule has 3 N–H and O–H groups in total. The topological polar surface area (TPSA) is 125 Å². The molecule has 1 unspecified atom stereocenters. The maximum atomic E-state index is 13.0. The fourth-order valence-electron chi connectivity index (χ4n) is 4.53. The van der Waals surface area contributed by atoms with Gasteiger partial charge in [0.1, 0.15) is 12.4 Å². The number of aromatic nitrogens is 4. The Morgan fingerprint density at radius 3 is 2.77 bits per heavy atom. The van der Waals surface area contributed by atoms with Crippen LogP contribution in [0.1, 0.15) is 60.3 Å². The molecule has 1 aromatic heterocycles. The second kappa shape index (κ2) is 10.3. The van der Waals surface area contributed by atoms with E-state index in [-0.39, 0.29) is 24.0 Å². The van der Waals surface area contributed by atoms with Crippen molar-refractivity contribution in [1.82, 2.24) is 20.6 Å². The van der Waals surface area contributed by atoms with Crippen LogP contribution in [-0.2, 0) is 5.72 Å². The molecule has 0 amide bonds. The van der Waals surface area contributed by atoms with Gasteiger partial charge in [-0.1, -0.05) is 56.4 Å². The fraction of sp³-hybridized carbons (Fsp3) is 0.385. The number of benzene rings is 2. The molecule has 2 aliphatic rings. The summed E-state index contributed by atoms with van der Waals surface area (Å²) in [7, 11) is 0. The average Bonchev–Trinajstić information content (AvgIpc) is 3.45. The summed E-state index contributed by atoms with van der Waals surface area (Å²) in [5.74, 6) is 2.23. The van der Waals surface area contributed by atoms with Gasteiger partial charge in [0.05, 0.1) is 12.2 Å². The Hall–Kier alpha value is -3.72. The molecule has 182 valence electrons. The van der Waals surface area contributed by atoms with E-state index in [1.54, 1.807) is 24.3 Å². The third-order valence-corrected chi connectivity index (χ3v) is 6.52. The summed E-state index contributed by atoms with van der Waals surface area (Å²) in [6.07, 6.45) is 11.1. The number of carbonyl (C=O) groups excluding carboxylic acids is 1. The molecule has 2 aromatic carbocycles. The number of tetrazole rings is 1. The van der Waals surface area contributed by atoms with Crippen molar-refractivity contribution in [3.63, 3.8) is 0 Å². The molecule has 0 saturated heterocycles. The van der Waals surface area contributed by atoms with Crippen molar-refractivity contribution >= 4 is 11.9 Å². The number of allylic oxidation sites excluding steroid dienone is 1. The van der Waals surface area contributed by atoms with Crippen molar-refractivity contribution in [2.24, 2.45) is 11.7 Å². The molecular weight excluding hydrogens is 446 g/mol. The summed E-state index contributed by atoms with van der Waals surface area (Å²) in [5, 5.41) is 13.7. The van der Waals surface area contributed by atoms with Crippen LogP contribution < -0.4 is 19.9 Å². The van der Waals surface area contributed by atoms with Crippen LogP contribution in [0.25, 0.3) is 6.08 Å². The first-order chi connectivity index (χ1) is 17.1. The molecule has 1 aliphatic heterocycles. The van der Waals surface area contributed by atoms with Crippen LogP contribution in [0.15, 0.2) is 48.5 Å². The summed E-state index contributed by atoms with van der Waals surface area (Å²) >= 11 is 0. The Morgan fingerprint density at radius 1 is 1.17 bits per heavy atom. The molecule has 9 nitrogen and oxygen atoms in total. The predicted octanol–water partition coefficient (Wildman–Crippen LogP) is 4.03. The minimum absolute atomic E-state index is 0.0118. The SMILES string of the molecule is NC1(c2nn[nH]n2)COc2cccc(C(=O)C=Cc3ccc(OCCC4CCCCC4)cc3)c2O1. The molecule has 35 heavy (non-hydrogen) atoms. The van der Waals surface area contributed by atoms with E-state index in [0.29, 0.717) is 11.3 Å². The molecule has 9 heteroatoms. The highest BCUT2D eigenvalue weighted by atomic mass is 16.6. The number of carbonyl (C=O) groups is 1. The predicted molar refractivity (Wildman–Crippen MR) is 129 cm³/mol. The van der Waals surface area contributed by atoms with Crippen LogP contribution in [-0.4, -0.2) is 39.6 Å². The van der Waals surface area contributed by atoms with Crippen molar-refractivity contribution in [3.05, 3.63) is 65.5 Å². The van der Waals surface area contributed by atoms with Gasteiger partial charge in [-0.25, -0.2) is 0 Å². The van der Waals surface area contributed by atoms with Gasteiger partial charge in [-0.05, 0) is 53.5 Å². The summed E-state index contributed by atoms with van der Waals surface area (Å²) in [4.78, 5) is 13.0. The van der Waals surface area contributed by atoms with E-state index in [1.165, 1.54) is 38.2 Å². The standard InChI is InChI=1S/C26H29N5O4/c27-26(25-28-30-31-29-25)17-34-23-8-4-7-21(24(23)35-26)22(32)14-11-19-9-12-20(13-10-19)33-16-15-18-5-2-1-3-6-18/h4,7-14,18H,1-3,5-6,15-17,27H2,(H,28,29,30,31). The van der Waals surface area contributed by atoms with Crippen LogP contribution in [0.2, 0.25) is 0 Å². The van der Waals surface area contributed by atoms with Gasteiger partial charge in [0, 0.05) is 0 Å². The zero-order valence-corrected chi connectivity index (χ0v) is 19.5. The van der Waals surface area contributed by atoms with Crippen LogP contribution in [0.5, 0.6) is 17.2 Å². The number of ketones is 1. The van der Waals surface area contributed by atoms with Crippen molar-refractivity contribution < 1.29 is 19.0 Å². The lowest BCUT2D eigenvalue weighted by Crippen LogP contribution is -2.51. The number of para-hydroxylation sites is 1. The van der Waals surface area contributed by atoms with Crippen molar-refractivity contribution in [3.8, 4) is 17.2 Å². The maximum Gasteiger partial charge on any atom is 0.257 e. The number of fused-ring (bicyclic) bond motifs is 1. The fourth-order valence-corrected chi connectivity index (χ4v) is 4.53. The van der Waals surface area contributed by atoms with Crippen molar-refractivity contribution in [2.45, 2.75) is 44.2 Å². The zero-order chi connectivity index (χ0) is 24.1. The van der Waals surface area contributed by atoms with E-state index in [1.807, 2.05) is 24.3 Å². The molecule has 0 bridgehead atoms. The zero-order valence-electron chi connectivity index (χ0n) is 19.5. The lowest BCUT2D eigenvalue weighted by atomic mass is 9.87. The average molecular weight is 476 g/mol. The molecule has 1 saturated carbocycles. The Balaban J connectivity index is 1.22. The Bertz CT molecular complexity index is 1170. The summed E-state index contributed by atoms with van der Waals surface area (Å²) < 4.78 is 17.6. The van der Waals surface area contributed by atoms with Crippen molar-refractivity contribution in [1.29, 1.82) is 0 Å². The molecule has 1 atom stereocenters. The minimum Gasteiger partial charge on any atom is -0.494 e. The normalized spacial score (nSPS) is 20.1. The minimum atomic E-state index is -1.45. The summed E-state index contributed by atoms with van der Waals surface area (Å²) in [6, 6.07) is 12.8. The number of nitrogens with two attached hydrogens (primary N) is 1. The first-order valence-electron chi connectivity index (χ1n) is 12.0. The number of nitrogens with zero attached hydrogens (tertiary/aromatic N) is 3. The highest BCUT2D eigenvalue weighted by molar-refractivity contribution is 6.09. The van der Waals surface area contributed by atoms with Crippen molar-refractivity contribution in [2.75, 3.05) is 13.2 Å². The molecular formula is C26H29N5O4. The lowest BCUT2D eigenvalue weighted by molar-refractivity contribution is -0.0154. The number of hydrogen-bond donors (Lipinski definition) is 2. The first kappa shape index (κ1) is 23.0. The largest absolute Gasteiger partial charge is 0.494 e. The number of hydrogen-bond acceptors (Lipinski definition) is 8. The van der Waals surface area contributed by atoms with Gasteiger partial charge in [-0.15, -0.1) is 10.2 Å². The maximum absolute atomic E-state index is 13.0. The van der Waals surface area contributed by atoms with Gasteiger partial charge in [-0.3, -0.25) is 10.5 Å². The second-order valence-corrected chi connectivity index (χ2v) is 9.06. The molecule has 0 spiro atoms. The van der Waals surface area contributed by atoms with Gasteiger partial charge < -0.3 is 14.2 Å². The number of ether oxygens (including phenoxy) is 3. The van der Waals surface area contributed by atoms with E-state index in [4.69, 9.17) is 19.9 Å². The summed E-state index contributed by atoms with van der Waals surface area (Å²) in [5.41, 5.74) is 6.06. The molecule has 0 radical (unpaired) electrons. The van der Waals surface area contributed by atoms with E-state index in [9.17, 15) is 4.79 Å². The molecule has 1 aliphatic carbocycles. The van der Waals surface area contributed by atoms with Crippen LogP contribution in [0.4, 0.5) is 0 Å². The number of rotatable bonds is 8. The molecule has 2 heterocycles. The Morgan fingerprint density at radius 2 is 2.00 bits per heavy atom. The number of aromatic amines is 1. The molecule has 3 aromatic rings. The van der Waals surface area contributed by atoms with Gasteiger partial charge >= 0.3 is 0 Å². The monoisotopic (exact) mass is 475 g/mol. The van der Waals surface area contributed by atoms with Crippen LogP contribution in [0.3, 0.4) is 0 Å². The molecule has 1 fully saturated rings. The van der Waals surface area contributed by atoms with Gasteiger partial charge in [-0.2, -0.15) is 5.21 Å². The van der Waals surface area contributed by atoms with E-state index in [0.717, 1.165) is 30.3 Å².